The predicted octanol–water partition coefficient (Wildman–Crippen LogP) is 6.83. The first-order valence-electron chi connectivity index (χ1n) is 12.7. The molecule has 4 heterocycles. The largest absolute Gasteiger partial charge is 0.471 e. The first kappa shape index (κ1) is 27.7. The van der Waals surface area contributed by atoms with Crippen LogP contribution in [0.3, 0.4) is 0 Å². The third-order valence-corrected chi connectivity index (χ3v) is 7.50. The molecule has 3 N–H and O–H groups in total. The maximum Gasteiger partial charge on any atom is 0.433 e. The molecule has 2 amide bonds. The van der Waals surface area contributed by atoms with E-state index in [0.717, 1.165) is 17.2 Å². The molecule has 4 aromatic heterocycles. The highest BCUT2D eigenvalue weighted by atomic mass is 32.1. The summed E-state index contributed by atoms with van der Waals surface area (Å²) in [5, 5.41) is 6.90. The van der Waals surface area contributed by atoms with Gasteiger partial charge in [0, 0.05) is 17.1 Å². The number of halogens is 3. The number of benzene rings is 2. The monoisotopic (exact) mass is 603 g/mol. The predicted molar refractivity (Wildman–Crippen MR) is 154 cm³/mol. The Labute approximate surface area is 245 Å². The molecule has 6 aromatic rings. The van der Waals surface area contributed by atoms with Crippen LogP contribution in [0.4, 0.5) is 18.9 Å². The first-order chi connectivity index (χ1) is 20.7. The van der Waals surface area contributed by atoms with Gasteiger partial charge in [0.25, 0.3) is 11.8 Å². The second-order valence-electron chi connectivity index (χ2n) is 9.24. The summed E-state index contributed by atoms with van der Waals surface area (Å²) in [5.74, 6) is -0.999. The van der Waals surface area contributed by atoms with Crippen LogP contribution in [0.2, 0.25) is 0 Å². The van der Waals surface area contributed by atoms with Crippen molar-refractivity contribution in [3.8, 4) is 28.2 Å². The van der Waals surface area contributed by atoms with E-state index in [1.807, 2.05) is 54.6 Å². The Morgan fingerprint density at radius 3 is 2.42 bits per heavy atom. The fraction of sp³-hybridized carbons (Fsp3) is 0.0667. The van der Waals surface area contributed by atoms with Crippen LogP contribution in [-0.4, -0.2) is 26.6 Å². The molecular formula is C30H20F3N5O4S. The number of thiophene rings is 1. The summed E-state index contributed by atoms with van der Waals surface area (Å²) in [5.41, 5.74) is 6.32. The van der Waals surface area contributed by atoms with Crippen LogP contribution >= 0.6 is 11.3 Å². The maximum atomic E-state index is 13.6. The Balaban J connectivity index is 1.24. The zero-order valence-corrected chi connectivity index (χ0v) is 22.8. The Morgan fingerprint density at radius 1 is 1.00 bits per heavy atom. The number of nitrogens with zero attached hydrogens (tertiary/aromatic N) is 3. The standard InChI is InChI=1S/C30H20F3N5O4S/c31-30(32,33)23-15-20(22-7-4-14-41-22)24-25(26(27(34)39)43-29(24)35-23)36-28(40)21-12-13-38(37-21)16-42-19-10-8-18(9-11-19)17-5-2-1-3-6-17/h1-15H,16H2,(H2,34,39)(H,36,40). The third kappa shape index (κ3) is 5.70. The number of ether oxygens (including phenoxy) is 1. The summed E-state index contributed by atoms with van der Waals surface area (Å²) in [6.07, 6.45) is -1.95. The van der Waals surface area contributed by atoms with Crippen molar-refractivity contribution < 1.29 is 31.9 Å². The zero-order chi connectivity index (χ0) is 30.1. The maximum absolute atomic E-state index is 13.6. The zero-order valence-electron chi connectivity index (χ0n) is 22.0. The van der Waals surface area contributed by atoms with E-state index in [9.17, 15) is 22.8 Å². The number of amides is 2. The summed E-state index contributed by atoms with van der Waals surface area (Å²) in [6, 6.07) is 22.6. The number of alkyl halides is 3. The van der Waals surface area contributed by atoms with Crippen LogP contribution in [0.25, 0.3) is 32.7 Å². The molecule has 43 heavy (non-hydrogen) atoms. The van der Waals surface area contributed by atoms with Gasteiger partial charge in [-0.05, 0) is 47.5 Å². The number of pyridine rings is 1. The summed E-state index contributed by atoms with van der Waals surface area (Å²) >= 11 is 0.634. The van der Waals surface area contributed by atoms with Gasteiger partial charge in [-0.2, -0.15) is 18.3 Å². The van der Waals surface area contributed by atoms with Gasteiger partial charge in [0.1, 0.15) is 26.9 Å². The lowest BCUT2D eigenvalue weighted by Crippen LogP contribution is -2.18. The van der Waals surface area contributed by atoms with E-state index in [2.05, 4.69) is 15.4 Å². The molecule has 0 spiro atoms. The van der Waals surface area contributed by atoms with E-state index in [1.54, 1.807) is 0 Å². The summed E-state index contributed by atoms with van der Waals surface area (Å²) < 4.78 is 53.4. The topological polar surface area (TPSA) is 125 Å². The van der Waals surface area contributed by atoms with Gasteiger partial charge < -0.3 is 20.2 Å². The van der Waals surface area contributed by atoms with E-state index in [0.29, 0.717) is 17.1 Å². The van der Waals surface area contributed by atoms with Crippen molar-refractivity contribution in [2.75, 3.05) is 5.32 Å². The number of furan rings is 1. The average molecular weight is 604 g/mol. The van der Waals surface area contributed by atoms with Crippen molar-refractivity contribution in [2.45, 2.75) is 12.9 Å². The van der Waals surface area contributed by atoms with Crippen LogP contribution < -0.4 is 15.8 Å². The average Bonchev–Trinajstić information content (AvgIpc) is 3.77. The van der Waals surface area contributed by atoms with Gasteiger partial charge in [0.2, 0.25) is 0 Å². The van der Waals surface area contributed by atoms with Crippen molar-refractivity contribution >= 4 is 39.1 Å². The van der Waals surface area contributed by atoms with Crippen LogP contribution in [0.5, 0.6) is 5.75 Å². The summed E-state index contributed by atoms with van der Waals surface area (Å²) in [7, 11) is 0. The number of nitrogens with two attached hydrogens (primary N) is 1. The van der Waals surface area contributed by atoms with E-state index < -0.39 is 23.7 Å². The molecule has 0 aliphatic carbocycles. The van der Waals surface area contributed by atoms with Crippen molar-refractivity contribution in [1.29, 1.82) is 0 Å². The molecule has 6 rings (SSSR count). The number of hydrogen-bond acceptors (Lipinski definition) is 7. The molecule has 9 nitrogen and oxygen atoms in total. The molecule has 0 unspecified atom stereocenters. The molecule has 0 bridgehead atoms. The van der Waals surface area contributed by atoms with E-state index in [-0.39, 0.29) is 44.5 Å². The smallest absolute Gasteiger partial charge is 0.433 e. The van der Waals surface area contributed by atoms with Crippen LogP contribution in [0.15, 0.2) is 95.7 Å². The highest BCUT2D eigenvalue weighted by molar-refractivity contribution is 7.21. The molecule has 0 radical (unpaired) electrons. The quantitative estimate of drug-likeness (QED) is 0.197. The highest BCUT2D eigenvalue weighted by Gasteiger charge is 2.35. The lowest BCUT2D eigenvalue weighted by molar-refractivity contribution is -0.140. The number of nitrogens with one attached hydrogen (secondary N) is 1. The molecule has 0 saturated carbocycles. The van der Waals surface area contributed by atoms with E-state index >= 15 is 0 Å². The number of aromatic nitrogens is 3. The third-order valence-electron chi connectivity index (χ3n) is 6.40. The number of primary amides is 1. The molecule has 0 aliphatic rings. The molecule has 216 valence electrons. The van der Waals surface area contributed by atoms with E-state index in [1.165, 1.54) is 35.3 Å². The number of anilines is 1. The second kappa shape index (κ2) is 11.1. The number of fused-ring (bicyclic) bond motifs is 1. The second-order valence-corrected chi connectivity index (χ2v) is 10.2. The Bertz CT molecular complexity index is 1930. The minimum Gasteiger partial charge on any atom is -0.471 e. The normalized spacial score (nSPS) is 11.5. The molecule has 13 heteroatoms. The molecule has 0 fully saturated rings. The lowest BCUT2D eigenvalue weighted by atomic mass is 10.1. The van der Waals surface area contributed by atoms with Gasteiger partial charge in [-0.15, -0.1) is 11.3 Å². The van der Waals surface area contributed by atoms with Crippen LogP contribution in [0, 0.1) is 0 Å². The Morgan fingerprint density at radius 2 is 1.74 bits per heavy atom. The number of carbonyl (C=O) groups excluding carboxylic acids is 2. The van der Waals surface area contributed by atoms with Crippen molar-refractivity contribution in [2.24, 2.45) is 5.73 Å². The lowest BCUT2D eigenvalue weighted by Gasteiger charge is -2.10. The summed E-state index contributed by atoms with van der Waals surface area (Å²) in [4.78, 5) is 28.9. The van der Waals surface area contributed by atoms with E-state index in [4.69, 9.17) is 14.9 Å². The Hall–Kier alpha value is -5.43. The molecule has 0 atom stereocenters. The fourth-order valence-corrected chi connectivity index (χ4v) is 5.42. The first-order valence-corrected chi connectivity index (χ1v) is 13.5. The van der Waals surface area contributed by atoms with Gasteiger partial charge in [0.15, 0.2) is 12.4 Å². The van der Waals surface area contributed by atoms with Gasteiger partial charge in [-0.25, -0.2) is 9.67 Å². The Kier molecular flexibility index (Phi) is 7.16. The fourth-order valence-electron chi connectivity index (χ4n) is 4.41. The van der Waals surface area contributed by atoms with Gasteiger partial charge in [-0.3, -0.25) is 9.59 Å². The van der Waals surface area contributed by atoms with Crippen molar-refractivity contribution in [1.82, 2.24) is 14.8 Å². The van der Waals surface area contributed by atoms with Gasteiger partial charge >= 0.3 is 6.18 Å². The van der Waals surface area contributed by atoms with Gasteiger partial charge in [-0.1, -0.05) is 42.5 Å². The van der Waals surface area contributed by atoms with Crippen LogP contribution in [-0.2, 0) is 12.9 Å². The van der Waals surface area contributed by atoms with Crippen molar-refractivity contribution in [3.63, 3.8) is 0 Å². The van der Waals surface area contributed by atoms with Crippen LogP contribution in [0.1, 0.15) is 25.9 Å². The minimum absolute atomic E-state index is 0.00133. The molecule has 0 aliphatic heterocycles. The number of rotatable bonds is 8. The SMILES string of the molecule is NC(=O)c1sc2nc(C(F)(F)F)cc(-c3ccco3)c2c1NC(=O)c1ccn(COc2ccc(-c3ccccc3)cc2)n1. The summed E-state index contributed by atoms with van der Waals surface area (Å²) in [6.45, 7) is -0.00133. The molecule has 0 saturated heterocycles. The van der Waals surface area contributed by atoms with Crippen molar-refractivity contribution in [3.05, 3.63) is 108 Å². The highest BCUT2D eigenvalue weighted by Crippen LogP contribution is 2.43. The number of carbonyl (C=O) groups is 2. The molecular weight excluding hydrogens is 583 g/mol. The minimum atomic E-state index is -4.77. The molecule has 2 aromatic carbocycles. The number of hydrogen-bond donors (Lipinski definition) is 2. The van der Waals surface area contributed by atoms with Gasteiger partial charge in [0.05, 0.1) is 12.0 Å².